The summed E-state index contributed by atoms with van der Waals surface area (Å²) in [6.45, 7) is 1.87. The first-order valence-electron chi connectivity index (χ1n) is 6.09. The van der Waals surface area contributed by atoms with Crippen LogP contribution in [-0.2, 0) is 0 Å². The molecule has 0 aliphatic carbocycles. The third-order valence-electron chi connectivity index (χ3n) is 2.98. The van der Waals surface area contributed by atoms with Gasteiger partial charge in [-0.3, -0.25) is 4.79 Å². The van der Waals surface area contributed by atoms with Gasteiger partial charge in [-0.2, -0.15) is 0 Å². The molecule has 0 radical (unpaired) electrons. The lowest BCUT2D eigenvalue weighted by atomic mass is 10.1. The molecule has 1 amide bonds. The third kappa shape index (κ3) is 3.24. The van der Waals surface area contributed by atoms with E-state index < -0.39 is 0 Å². The number of carbonyl (C=O) groups is 1. The van der Waals surface area contributed by atoms with Crippen molar-refractivity contribution in [1.82, 2.24) is 5.32 Å². The van der Waals surface area contributed by atoms with E-state index in [0.29, 0.717) is 21.3 Å². The molecule has 2 rings (SSSR count). The van der Waals surface area contributed by atoms with Crippen LogP contribution in [0.2, 0.25) is 10.0 Å². The monoisotopic (exact) mass is 308 g/mol. The van der Waals surface area contributed by atoms with Gasteiger partial charge in [0.25, 0.3) is 5.91 Å². The predicted molar refractivity (Wildman–Crippen MR) is 83.2 cm³/mol. The molecule has 0 bridgehead atoms. The Labute approximate surface area is 127 Å². The molecule has 104 valence electrons. The van der Waals surface area contributed by atoms with E-state index in [0.717, 1.165) is 5.56 Å². The van der Waals surface area contributed by atoms with E-state index in [1.165, 1.54) is 0 Å². The number of halogens is 2. The van der Waals surface area contributed by atoms with Crippen molar-refractivity contribution in [3.63, 3.8) is 0 Å². The zero-order valence-corrected chi connectivity index (χ0v) is 12.4. The van der Waals surface area contributed by atoms with E-state index in [1.807, 2.05) is 25.1 Å². The van der Waals surface area contributed by atoms with Crippen LogP contribution in [0.1, 0.15) is 28.9 Å². The van der Waals surface area contributed by atoms with E-state index >= 15 is 0 Å². The van der Waals surface area contributed by atoms with Crippen LogP contribution in [0.3, 0.4) is 0 Å². The summed E-state index contributed by atoms with van der Waals surface area (Å²) in [5.74, 6) is -0.258. The Morgan fingerprint density at radius 1 is 1.20 bits per heavy atom. The van der Waals surface area contributed by atoms with Gasteiger partial charge < -0.3 is 11.1 Å². The highest BCUT2D eigenvalue weighted by Crippen LogP contribution is 2.23. The number of hydrogen-bond acceptors (Lipinski definition) is 2. The summed E-state index contributed by atoms with van der Waals surface area (Å²) >= 11 is 11.9. The van der Waals surface area contributed by atoms with Crippen LogP contribution in [0, 0.1) is 0 Å². The van der Waals surface area contributed by atoms with Crippen LogP contribution < -0.4 is 11.1 Å². The standard InChI is InChI=1S/C15H14Cl2N2O/c1-9(11-4-2-3-5-13(11)17)19-15(20)12-7-6-10(16)8-14(12)18/h2-9H,18H2,1H3,(H,19,20)/t9-/m0/s1. The van der Waals surface area contributed by atoms with Gasteiger partial charge >= 0.3 is 0 Å². The SMILES string of the molecule is C[C@H](NC(=O)c1ccc(Cl)cc1N)c1ccccc1Cl. The fraction of sp³-hybridized carbons (Fsp3) is 0.133. The van der Waals surface area contributed by atoms with Gasteiger partial charge in [0.15, 0.2) is 0 Å². The Morgan fingerprint density at radius 3 is 2.55 bits per heavy atom. The first-order valence-corrected chi connectivity index (χ1v) is 6.85. The normalized spacial score (nSPS) is 11.9. The molecule has 0 fully saturated rings. The molecule has 1 atom stereocenters. The molecular weight excluding hydrogens is 295 g/mol. The Morgan fingerprint density at radius 2 is 1.90 bits per heavy atom. The smallest absolute Gasteiger partial charge is 0.253 e. The minimum atomic E-state index is -0.258. The molecular formula is C15H14Cl2N2O. The molecule has 3 nitrogen and oxygen atoms in total. The van der Waals surface area contributed by atoms with Crippen LogP contribution >= 0.6 is 23.2 Å². The maximum atomic E-state index is 12.2. The Balaban J connectivity index is 2.17. The van der Waals surface area contributed by atoms with E-state index in [-0.39, 0.29) is 11.9 Å². The van der Waals surface area contributed by atoms with Crippen LogP contribution in [0.5, 0.6) is 0 Å². The van der Waals surface area contributed by atoms with E-state index in [1.54, 1.807) is 24.3 Å². The largest absolute Gasteiger partial charge is 0.398 e. The topological polar surface area (TPSA) is 55.1 Å². The van der Waals surface area contributed by atoms with Gasteiger partial charge in [-0.15, -0.1) is 0 Å². The van der Waals surface area contributed by atoms with Gasteiger partial charge in [-0.05, 0) is 36.8 Å². The second kappa shape index (κ2) is 6.16. The minimum absolute atomic E-state index is 0.216. The number of nitrogens with one attached hydrogen (secondary N) is 1. The van der Waals surface area contributed by atoms with Crippen LogP contribution in [0.15, 0.2) is 42.5 Å². The summed E-state index contributed by atoms with van der Waals surface area (Å²) in [6.07, 6.45) is 0. The second-order valence-corrected chi connectivity index (χ2v) is 5.29. The van der Waals surface area contributed by atoms with Crippen LogP contribution in [-0.4, -0.2) is 5.91 Å². The van der Waals surface area contributed by atoms with Gasteiger partial charge in [0.05, 0.1) is 11.6 Å². The molecule has 0 unspecified atom stereocenters. The predicted octanol–water partition coefficient (Wildman–Crippen LogP) is 4.07. The van der Waals surface area contributed by atoms with Gasteiger partial charge in [-0.1, -0.05) is 41.4 Å². The van der Waals surface area contributed by atoms with E-state index in [9.17, 15) is 4.79 Å². The number of hydrogen-bond donors (Lipinski definition) is 2. The van der Waals surface area contributed by atoms with Crippen molar-refractivity contribution in [3.05, 3.63) is 63.6 Å². The highest BCUT2D eigenvalue weighted by molar-refractivity contribution is 6.31. The molecule has 0 aliphatic heterocycles. The minimum Gasteiger partial charge on any atom is -0.398 e. The summed E-state index contributed by atoms with van der Waals surface area (Å²) in [6, 6.07) is 12.0. The first-order chi connectivity index (χ1) is 9.49. The zero-order chi connectivity index (χ0) is 14.7. The van der Waals surface area contributed by atoms with E-state index in [4.69, 9.17) is 28.9 Å². The summed E-state index contributed by atoms with van der Waals surface area (Å²) in [5.41, 5.74) is 7.40. The van der Waals surface area contributed by atoms with Gasteiger partial charge in [0.1, 0.15) is 0 Å². The van der Waals surface area contributed by atoms with Gasteiger partial charge in [0.2, 0.25) is 0 Å². The van der Waals surface area contributed by atoms with Crippen LogP contribution in [0.25, 0.3) is 0 Å². The molecule has 0 spiro atoms. The Hall–Kier alpha value is -1.71. The fourth-order valence-corrected chi connectivity index (χ4v) is 2.40. The maximum absolute atomic E-state index is 12.2. The number of nitrogen functional groups attached to an aromatic ring is 1. The fourth-order valence-electron chi connectivity index (χ4n) is 1.92. The number of anilines is 1. The molecule has 0 saturated carbocycles. The molecule has 3 N–H and O–H groups in total. The number of benzene rings is 2. The molecule has 0 heterocycles. The van der Waals surface area contributed by atoms with Crippen molar-refractivity contribution < 1.29 is 4.79 Å². The van der Waals surface area contributed by atoms with Crippen LogP contribution in [0.4, 0.5) is 5.69 Å². The van der Waals surface area contributed by atoms with Gasteiger partial charge in [-0.25, -0.2) is 0 Å². The quantitative estimate of drug-likeness (QED) is 0.840. The summed E-state index contributed by atoms with van der Waals surface area (Å²) in [5, 5.41) is 3.98. The van der Waals surface area contributed by atoms with Crippen molar-refractivity contribution in [2.75, 3.05) is 5.73 Å². The lowest BCUT2D eigenvalue weighted by Gasteiger charge is -2.16. The number of amides is 1. The number of nitrogens with two attached hydrogens (primary N) is 1. The van der Waals surface area contributed by atoms with Crippen molar-refractivity contribution in [2.24, 2.45) is 0 Å². The van der Waals surface area contributed by atoms with Crippen molar-refractivity contribution in [3.8, 4) is 0 Å². The Kier molecular flexibility index (Phi) is 4.53. The zero-order valence-electron chi connectivity index (χ0n) is 10.9. The average molecular weight is 309 g/mol. The number of rotatable bonds is 3. The summed E-state index contributed by atoms with van der Waals surface area (Å²) < 4.78 is 0. The first kappa shape index (κ1) is 14.7. The summed E-state index contributed by atoms with van der Waals surface area (Å²) in [4.78, 5) is 12.2. The van der Waals surface area contributed by atoms with Gasteiger partial charge in [0, 0.05) is 15.7 Å². The molecule has 2 aromatic rings. The molecule has 20 heavy (non-hydrogen) atoms. The average Bonchev–Trinajstić information content (AvgIpc) is 2.38. The third-order valence-corrected chi connectivity index (χ3v) is 3.56. The van der Waals surface area contributed by atoms with Crippen molar-refractivity contribution in [2.45, 2.75) is 13.0 Å². The molecule has 0 aliphatic rings. The van der Waals surface area contributed by atoms with E-state index in [2.05, 4.69) is 5.32 Å². The molecule has 5 heteroatoms. The maximum Gasteiger partial charge on any atom is 0.253 e. The lowest BCUT2D eigenvalue weighted by molar-refractivity contribution is 0.0941. The molecule has 0 aromatic heterocycles. The lowest BCUT2D eigenvalue weighted by Crippen LogP contribution is -2.27. The second-order valence-electron chi connectivity index (χ2n) is 4.45. The summed E-state index contributed by atoms with van der Waals surface area (Å²) in [7, 11) is 0. The van der Waals surface area contributed by atoms with Crippen molar-refractivity contribution >= 4 is 34.8 Å². The highest BCUT2D eigenvalue weighted by atomic mass is 35.5. The molecule has 0 saturated heterocycles. The highest BCUT2D eigenvalue weighted by Gasteiger charge is 2.15. The number of carbonyl (C=O) groups excluding carboxylic acids is 1. The Bertz CT molecular complexity index is 644. The van der Waals surface area contributed by atoms with Crippen molar-refractivity contribution in [1.29, 1.82) is 0 Å². The molecule has 2 aromatic carbocycles.